The number of carbonyl (C=O) groups is 1. The molecule has 0 unspecified atom stereocenters. The minimum absolute atomic E-state index is 0.0262. The summed E-state index contributed by atoms with van der Waals surface area (Å²) < 4.78 is 34.0. The molecular weight excluding hydrogens is 438 g/mol. The van der Waals surface area contributed by atoms with E-state index in [0.717, 1.165) is 64.7 Å². The first-order valence-corrected chi connectivity index (χ1v) is 13.9. The molecule has 1 saturated heterocycles. The topological polar surface area (TPSA) is 70.2 Å². The molecule has 0 aromatic heterocycles. The van der Waals surface area contributed by atoms with Gasteiger partial charge in [-0.25, -0.2) is 8.42 Å². The van der Waals surface area contributed by atoms with Crippen LogP contribution in [0.3, 0.4) is 0 Å². The van der Waals surface area contributed by atoms with E-state index in [2.05, 4.69) is 18.7 Å². The van der Waals surface area contributed by atoms with Crippen LogP contribution in [0.4, 0.5) is 0 Å². The lowest BCUT2D eigenvalue weighted by atomic mass is 9.85. The van der Waals surface area contributed by atoms with Gasteiger partial charge in [-0.2, -0.15) is 4.31 Å². The number of methoxy groups -OCH3 is 1. The second-order valence-electron chi connectivity index (χ2n) is 10.2. The maximum absolute atomic E-state index is 13.5. The number of ether oxygens (including phenoxy) is 1. The average molecular weight is 478 g/mol. The summed E-state index contributed by atoms with van der Waals surface area (Å²) >= 11 is 0. The van der Waals surface area contributed by atoms with Crippen molar-refractivity contribution in [3.8, 4) is 5.75 Å². The van der Waals surface area contributed by atoms with Crippen molar-refractivity contribution >= 4 is 15.9 Å². The van der Waals surface area contributed by atoms with E-state index in [-0.39, 0.29) is 17.9 Å². The van der Waals surface area contributed by atoms with Crippen molar-refractivity contribution in [1.29, 1.82) is 0 Å². The van der Waals surface area contributed by atoms with Crippen LogP contribution in [0.25, 0.3) is 0 Å². The predicted molar refractivity (Wildman–Crippen MR) is 129 cm³/mol. The number of carbonyl (C=O) groups excluding carboxylic acids is 1. The Morgan fingerprint density at radius 3 is 2.12 bits per heavy atom. The molecular formula is C25H39N3O4S. The zero-order chi connectivity index (χ0) is 23.6. The van der Waals surface area contributed by atoms with Gasteiger partial charge in [0, 0.05) is 50.7 Å². The highest BCUT2D eigenvalue weighted by molar-refractivity contribution is 7.89. The quantitative estimate of drug-likeness (QED) is 0.575. The highest BCUT2D eigenvalue weighted by Crippen LogP contribution is 2.37. The fourth-order valence-electron chi connectivity index (χ4n) is 5.21. The SMILES string of the molecule is COc1ccc(S(=O)(=O)N(CC2CC2)[C@H]2CC[C@H](C(=O)N3CCN(C(C)C)CC3)CC2)cc1. The molecule has 184 valence electrons. The molecule has 2 saturated carbocycles. The van der Waals surface area contributed by atoms with Crippen LogP contribution in [0.5, 0.6) is 5.75 Å². The van der Waals surface area contributed by atoms with Crippen LogP contribution in [-0.2, 0) is 14.8 Å². The first-order chi connectivity index (χ1) is 15.8. The minimum atomic E-state index is -3.58. The van der Waals surface area contributed by atoms with Crippen LogP contribution in [-0.4, -0.2) is 80.3 Å². The first kappa shape index (κ1) is 24.5. The third-order valence-electron chi connectivity index (χ3n) is 7.61. The zero-order valence-corrected chi connectivity index (χ0v) is 21.1. The molecule has 2 aliphatic carbocycles. The van der Waals surface area contributed by atoms with E-state index in [4.69, 9.17) is 4.74 Å². The van der Waals surface area contributed by atoms with Crippen LogP contribution in [0.2, 0.25) is 0 Å². The van der Waals surface area contributed by atoms with Gasteiger partial charge >= 0.3 is 0 Å². The molecule has 3 fully saturated rings. The highest BCUT2D eigenvalue weighted by atomic mass is 32.2. The molecule has 1 aromatic carbocycles. The molecule has 4 rings (SSSR count). The third kappa shape index (κ3) is 5.72. The molecule has 1 amide bonds. The number of piperazine rings is 1. The Hall–Kier alpha value is -1.64. The summed E-state index contributed by atoms with van der Waals surface area (Å²) in [6, 6.07) is 7.18. The van der Waals surface area contributed by atoms with Crippen LogP contribution in [0.1, 0.15) is 52.4 Å². The summed E-state index contributed by atoms with van der Waals surface area (Å²) in [6.45, 7) is 8.47. The number of amides is 1. The smallest absolute Gasteiger partial charge is 0.243 e. The van der Waals surface area contributed by atoms with Crippen molar-refractivity contribution in [2.75, 3.05) is 39.8 Å². The van der Waals surface area contributed by atoms with Gasteiger partial charge in [0.1, 0.15) is 5.75 Å². The van der Waals surface area contributed by atoms with Gasteiger partial charge in [-0.3, -0.25) is 9.69 Å². The Morgan fingerprint density at radius 2 is 1.61 bits per heavy atom. The maximum atomic E-state index is 13.5. The number of benzene rings is 1. The van der Waals surface area contributed by atoms with Crippen molar-refractivity contribution in [1.82, 2.24) is 14.1 Å². The Kier molecular flexibility index (Phi) is 7.66. The molecule has 1 aliphatic heterocycles. The summed E-state index contributed by atoms with van der Waals surface area (Å²) in [5.74, 6) is 1.41. The molecule has 0 atom stereocenters. The van der Waals surface area contributed by atoms with Gasteiger partial charge in [0.2, 0.25) is 15.9 Å². The van der Waals surface area contributed by atoms with E-state index >= 15 is 0 Å². The highest BCUT2D eigenvalue weighted by Gasteiger charge is 2.39. The average Bonchev–Trinajstić information content (AvgIpc) is 3.66. The fourth-order valence-corrected chi connectivity index (χ4v) is 6.97. The molecule has 33 heavy (non-hydrogen) atoms. The van der Waals surface area contributed by atoms with E-state index in [1.165, 1.54) is 0 Å². The molecule has 8 heteroatoms. The van der Waals surface area contributed by atoms with Crippen LogP contribution in [0, 0.1) is 11.8 Å². The number of rotatable bonds is 8. The van der Waals surface area contributed by atoms with Crippen LogP contribution < -0.4 is 4.74 Å². The Labute approximate surface area is 199 Å². The molecule has 3 aliphatic rings. The summed E-state index contributed by atoms with van der Waals surface area (Å²) in [5.41, 5.74) is 0. The van der Waals surface area contributed by atoms with Crippen molar-refractivity contribution < 1.29 is 17.9 Å². The molecule has 1 heterocycles. The Balaban J connectivity index is 1.39. The van der Waals surface area contributed by atoms with Crippen LogP contribution in [0.15, 0.2) is 29.2 Å². The van der Waals surface area contributed by atoms with E-state index in [9.17, 15) is 13.2 Å². The van der Waals surface area contributed by atoms with Crippen molar-refractivity contribution in [3.05, 3.63) is 24.3 Å². The lowest BCUT2D eigenvalue weighted by Gasteiger charge is -2.40. The predicted octanol–water partition coefficient (Wildman–Crippen LogP) is 3.21. The largest absolute Gasteiger partial charge is 0.497 e. The van der Waals surface area contributed by atoms with Gasteiger partial charge in [0.25, 0.3) is 0 Å². The molecule has 7 nitrogen and oxygen atoms in total. The zero-order valence-electron chi connectivity index (χ0n) is 20.3. The van der Waals surface area contributed by atoms with E-state index < -0.39 is 10.0 Å². The molecule has 1 aromatic rings. The lowest BCUT2D eigenvalue weighted by molar-refractivity contribution is -0.138. The number of nitrogens with zero attached hydrogens (tertiary/aromatic N) is 3. The standard InChI is InChI=1S/C25H39N3O4S/c1-19(2)26-14-16-27(17-15-26)25(29)21-6-8-22(9-7-21)28(18-20-4-5-20)33(30,31)24-12-10-23(32-3)11-13-24/h10-13,19-22H,4-9,14-18H2,1-3H3/t21-,22-. The second-order valence-corrected chi connectivity index (χ2v) is 12.0. The van der Waals surface area contributed by atoms with E-state index in [1.807, 2.05) is 4.90 Å². The van der Waals surface area contributed by atoms with Crippen molar-refractivity contribution in [2.45, 2.75) is 69.4 Å². The molecule has 0 bridgehead atoms. The molecule has 0 spiro atoms. The van der Waals surface area contributed by atoms with Gasteiger partial charge < -0.3 is 9.64 Å². The molecule has 0 radical (unpaired) electrons. The normalized spacial score (nSPS) is 24.9. The lowest BCUT2D eigenvalue weighted by Crippen LogP contribution is -2.52. The minimum Gasteiger partial charge on any atom is -0.497 e. The summed E-state index contributed by atoms with van der Waals surface area (Å²) in [6.07, 6.45) is 5.25. The van der Waals surface area contributed by atoms with Crippen molar-refractivity contribution in [3.63, 3.8) is 0 Å². The summed E-state index contributed by atoms with van der Waals surface area (Å²) in [4.78, 5) is 17.9. The monoisotopic (exact) mass is 477 g/mol. The van der Waals surface area contributed by atoms with Gasteiger partial charge in [0.05, 0.1) is 12.0 Å². The summed E-state index contributed by atoms with van der Waals surface area (Å²) in [7, 11) is -2.00. The maximum Gasteiger partial charge on any atom is 0.243 e. The Morgan fingerprint density at radius 1 is 1.00 bits per heavy atom. The van der Waals surface area contributed by atoms with E-state index in [1.54, 1.807) is 35.7 Å². The van der Waals surface area contributed by atoms with Gasteiger partial charge in [-0.1, -0.05) is 0 Å². The van der Waals surface area contributed by atoms with Crippen LogP contribution >= 0.6 is 0 Å². The number of hydrogen-bond acceptors (Lipinski definition) is 5. The van der Waals surface area contributed by atoms with E-state index in [0.29, 0.717) is 29.1 Å². The second kappa shape index (κ2) is 10.3. The molecule has 0 N–H and O–H groups in total. The van der Waals surface area contributed by atoms with Gasteiger partial charge in [-0.15, -0.1) is 0 Å². The fraction of sp³-hybridized carbons (Fsp3) is 0.720. The third-order valence-corrected chi connectivity index (χ3v) is 9.54. The number of hydrogen-bond donors (Lipinski definition) is 0. The number of sulfonamides is 1. The Bertz CT molecular complexity index is 898. The van der Waals surface area contributed by atoms with Gasteiger partial charge in [0.15, 0.2) is 0 Å². The summed E-state index contributed by atoms with van der Waals surface area (Å²) in [5, 5.41) is 0. The first-order valence-electron chi connectivity index (χ1n) is 12.5. The van der Waals surface area contributed by atoms with Gasteiger partial charge in [-0.05, 0) is 82.6 Å². The van der Waals surface area contributed by atoms with Crippen molar-refractivity contribution in [2.24, 2.45) is 11.8 Å².